The molecule has 0 amide bonds. The van der Waals surface area contributed by atoms with Crippen LogP contribution in [0.3, 0.4) is 0 Å². The summed E-state index contributed by atoms with van der Waals surface area (Å²) < 4.78 is 0. The zero-order valence-corrected chi connectivity index (χ0v) is 14.1. The van der Waals surface area contributed by atoms with Gasteiger partial charge in [0, 0.05) is 64.1 Å². The number of nitrogens with zero attached hydrogens (tertiary/aromatic N) is 5. The van der Waals surface area contributed by atoms with Gasteiger partial charge in [-0.05, 0) is 25.0 Å². The van der Waals surface area contributed by atoms with Gasteiger partial charge >= 0.3 is 0 Å². The first-order valence-electron chi connectivity index (χ1n) is 9.35. The van der Waals surface area contributed by atoms with E-state index in [1.807, 2.05) is 6.07 Å². The van der Waals surface area contributed by atoms with Gasteiger partial charge in [-0.15, -0.1) is 0 Å². The molecule has 0 aromatic carbocycles. The Kier molecular flexibility index (Phi) is 4.88. The van der Waals surface area contributed by atoms with Crippen LogP contribution in [0, 0.1) is 0 Å². The highest BCUT2D eigenvalue weighted by molar-refractivity contribution is 5.01. The third-order valence-corrected chi connectivity index (χ3v) is 5.91. The summed E-state index contributed by atoms with van der Waals surface area (Å²) >= 11 is 0. The molecule has 1 aliphatic carbocycles. The van der Waals surface area contributed by atoms with E-state index >= 15 is 0 Å². The lowest BCUT2D eigenvalue weighted by Gasteiger charge is -2.49. The second-order valence-electron chi connectivity index (χ2n) is 7.43. The van der Waals surface area contributed by atoms with Gasteiger partial charge in [0.05, 0.1) is 5.69 Å². The van der Waals surface area contributed by atoms with Crippen LogP contribution in [0.5, 0.6) is 0 Å². The molecule has 0 atom stereocenters. The summed E-state index contributed by atoms with van der Waals surface area (Å²) in [7, 11) is 0. The van der Waals surface area contributed by atoms with Crippen molar-refractivity contribution >= 4 is 0 Å². The van der Waals surface area contributed by atoms with Crippen LogP contribution < -0.4 is 0 Å². The van der Waals surface area contributed by atoms with Crippen molar-refractivity contribution in [3.63, 3.8) is 0 Å². The molecule has 2 aliphatic heterocycles. The summed E-state index contributed by atoms with van der Waals surface area (Å²) in [5.41, 5.74) is 1.09. The van der Waals surface area contributed by atoms with Crippen LogP contribution in [0.15, 0.2) is 18.3 Å². The molecule has 23 heavy (non-hydrogen) atoms. The largest absolute Gasteiger partial charge is 0.298 e. The van der Waals surface area contributed by atoms with Crippen molar-refractivity contribution < 1.29 is 0 Å². The van der Waals surface area contributed by atoms with Crippen molar-refractivity contribution in [3.05, 3.63) is 24.0 Å². The Morgan fingerprint density at radius 1 is 0.913 bits per heavy atom. The highest BCUT2D eigenvalue weighted by atomic mass is 15.4. The maximum Gasteiger partial charge on any atom is 0.0771 e. The lowest BCUT2D eigenvalue weighted by Crippen LogP contribution is -2.63. The maximum atomic E-state index is 4.19. The average molecular weight is 315 g/mol. The Morgan fingerprint density at radius 3 is 2.26 bits per heavy atom. The van der Waals surface area contributed by atoms with E-state index in [2.05, 4.69) is 31.0 Å². The zero-order chi connectivity index (χ0) is 15.5. The molecule has 5 heteroatoms. The molecule has 1 saturated carbocycles. The molecule has 126 valence electrons. The third kappa shape index (κ3) is 3.73. The fraction of sp³-hybridized carbons (Fsp3) is 0.778. The smallest absolute Gasteiger partial charge is 0.0771 e. The van der Waals surface area contributed by atoms with Gasteiger partial charge in [-0.2, -0.15) is 10.2 Å². The minimum absolute atomic E-state index is 0.764. The van der Waals surface area contributed by atoms with E-state index in [0.717, 1.165) is 24.3 Å². The van der Waals surface area contributed by atoms with Crippen molar-refractivity contribution in [1.29, 1.82) is 0 Å². The van der Waals surface area contributed by atoms with Gasteiger partial charge in [-0.3, -0.25) is 14.7 Å². The topological polar surface area (TPSA) is 35.5 Å². The Balaban J connectivity index is 1.19. The van der Waals surface area contributed by atoms with Crippen molar-refractivity contribution in [1.82, 2.24) is 24.9 Å². The second-order valence-corrected chi connectivity index (χ2v) is 7.43. The highest BCUT2D eigenvalue weighted by Crippen LogP contribution is 2.25. The van der Waals surface area contributed by atoms with E-state index in [1.54, 1.807) is 6.20 Å². The SMILES string of the molecule is c1cnnc(CN2CC(N3CCN(C4CCCCC4)CC3)C2)c1. The molecule has 4 rings (SSSR count). The number of rotatable bonds is 4. The van der Waals surface area contributed by atoms with Crippen molar-refractivity contribution in [2.75, 3.05) is 39.3 Å². The minimum Gasteiger partial charge on any atom is -0.298 e. The Hall–Kier alpha value is -1.04. The highest BCUT2D eigenvalue weighted by Gasteiger charge is 2.34. The van der Waals surface area contributed by atoms with E-state index < -0.39 is 0 Å². The number of likely N-dealkylation sites (tertiary alicyclic amines) is 1. The average Bonchev–Trinajstić information content (AvgIpc) is 2.60. The van der Waals surface area contributed by atoms with Crippen LogP contribution in [-0.4, -0.2) is 76.2 Å². The summed E-state index contributed by atoms with van der Waals surface area (Å²) in [5, 5.41) is 8.15. The second kappa shape index (κ2) is 7.24. The first kappa shape index (κ1) is 15.5. The molecule has 1 aromatic rings. The summed E-state index contributed by atoms with van der Waals surface area (Å²) in [5.74, 6) is 0. The lowest BCUT2D eigenvalue weighted by atomic mass is 9.93. The molecule has 0 bridgehead atoms. The molecule has 2 saturated heterocycles. The summed E-state index contributed by atoms with van der Waals surface area (Å²) in [6.45, 7) is 8.43. The standard InChI is InChI=1S/C18H29N5/c1-2-6-17(7-3-1)22-9-11-23(12-10-22)18-14-21(15-18)13-16-5-4-8-19-20-16/h4-5,8,17-18H,1-3,6-7,9-15H2. The van der Waals surface area contributed by atoms with E-state index in [-0.39, 0.29) is 0 Å². The van der Waals surface area contributed by atoms with Crippen LogP contribution >= 0.6 is 0 Å². The third-order valence-electron chi connectivity index (χ3n) is 5.91. The molecule has 0 unspecified atom stereocenters. The molecule has 3 aliphatic rings. The van der Waals surface area contributed by atoms with Gasteiger partial charge in [0.15, 0.2) is 0 Å². The molecule has 0 spiro atoms. The van der Waals surface area contributed by atoms with Crippen LogP contribution in [0.25, 0.3) is 0 Å². The molecular weight excluding hydrogens is 286 g/mol. The Morgan fingerprint density at radius 2 is 1.61 bits per heavy atom. The molecule has 0 radical (unpaired) electrons. The maximum absolute atomic E-state index is 4.19. The first-order chi connectivity index (χ1) is 11.4. The quantitative estimate of drug-likeness (QED) is 0.843. The van der Waals surface area contributed by atoms with Crippen LogP contribution in [0.2, 0.25) is 0 Å². The van der Waals surface area contributed by atoms with Crippen LogP contribution in [0.4, 0.5) is 0 Å². The van der Waals surface area contributed by atoms with Crippen LogP contribution in [-0.2, 0) is 6.54 Å². The number of aromatic nitrogens is 2. The van der Waals surface area contributed by atoms with Gasteiger partial charge in [0.2, 0.25) is 0 Å². The van der Waals surface area contributed by atoms with E-state index in [9.17, 15) is 0 Å². The molecule has 3 fully saturated rings. The Labute approximate surface area is 139 Å². The lowest BCUT2D eigenvalue weighted by molar-refractivity contribution is -0.0109. The first-order valence-corrected chi connectivity index (χ1v) is 9.35. The zero-order valence-electron chi connectivity index (χ0n) is 14.1. The Bertz CT molecular complexity index is 473. The van der Waals surface area contributed by atoms with Crippen LogP contribution in [0.1, 0.15) is 37.8 Å². The van der Waals surface area contributed by atoms with Gasteiger partial charge < -0.3 is 0 Å². The van der Waals surface area contributed by atoms with Gasteiger partial charge in [0.1, 0.15) is 0 Å². The fourth-order valence-electron chi connectivity index (χ4n) is 4.46. The molecule has 0 N–H and O–H groups in total. The predicted molar refractivity (Wildman–Crippen MR) is 91.1 cm³/mol. The number of piperazine rings is 1. The summed E-state index contributed by atoms with van der Waals surface area (Å²) in [4.78, 5) is 7.97. The van der Waals surface area contributed by atoms with E-state index in [0.29, 0.717) is 0 Å². The summed E-state index contributed by atoms with van der Waals surface area (Å²) in [6, 6.07) is 5.70. The number of hydrogen-bond donors (Lipinski definition) is 0. The van der Waals surface area contributed by atoms with Crippen molar-refractivity contribution in [2.24, 2.45) is 0 Å². The monoisotopic (exact) mass is 315 g/mol. The molecule has 3 heterocycles. The fourth-order valence-corrected chi connectivity index (χ4v) is 4.46. The van der Waals surface area contributed by atoms with Crippen molar-refractivity contribution in [3.8, 4) is 0 Å². The normalized spacial score (nSPS) is 26.3. The molecular formula is C18H29N5. The van der Waals surface area contributed by atoms with E-state index in [1.165, 1.54) is 71.4 Å². The van der Waals surface area contributed by atoms with Gasteiger partial charge in [-0.1, -0.05) is 19.3 Å². The summed E-state index contributed by atoms with van der Waals surface area (Å²) in [6.07, 6.45) is 8.98. The molecule has 1 aromatic heterocycles. The van der Waals surface area contributed by atoms with Crippen molar-refractivity contribution in [2.45, 2.75) is 50.7 Å². The predicted octanol–water partition coefficient (Wildman–Crippen LogP) is 1.61. The van der Waals surface area contributed by atoms with Gasteiger partial charge in [-0.25, -0.2) is 0 Å². The van der Waals surface area contributed by atoms with Gasteiger partial charge in [0.25, 0.3) is 0 Å². The number of hydrogen-bond acceptors (Lipinski definition) is 5. The van der Waals surface area contributed by atoms with E-state index in [4.69, 9.17) is 0 Å². The molecule has 5 nitrogen and oxygen atoms in total. The minimum atomic E-state index is 0.764.